The molecule has 20 heavy (non-hydrogen) atoms. The van der Waals surface area contributed by atoms with E-state index in [9.17, 15) is 0 Å². The summed E-state index contributed by atoms with van der Waals surface area (Å²) in [5.74, 6) is 0.857. The van der Waals surface area contributed by atoms with Gasteiger partial charge in [-0.05, 0) is 44.2 Å². The molecule has 3 heteroatoms. The van der Waals surface area contributed by atoms with Gasteiger partial charge in [0, 0.05) is 4.47 Å². The quantitative estimate of drug-likeness (QED) is 0.896. The van der Waals surface area contributed by atoms with Crippen LogP contribution in [0.4, 0.5) is 0 Å². The summed E-state index contributed by atoms with van der Waals surface area (Å²) in [6.07, 6.45) is 0. The van der Waals surface area contributed by atoms with E-state index >= 15 is 0 Å². The van der Waals surface area contributed by atoms with Gasteiger partial charge in [0.15, 0.2) is 0 Å². The zero-order chi connectivity index (χ0) is 14.7. The molecule has 2 aromatic carbocycles. The van der Waals surface area contributed by atoms with Gasteiger partial charge in [0.1, 0.15) is 5.75 Å². The van der Waals surface area contributed by atoms with E-state index in [0.29, 0.717) is 0 Å². The lowest BCUT2D eigenvalue weighted by Crippen LogP contribution is -2.18. The van der Waals surface area contributed by atoms with E-state index in [-0.39, 0.29) is 6.04 Å². The fraction of sp³-hybridized carbons (Fsp3) is 0.294. The van der Waals surface area contributed by atoms with Crippen LogP contribution in [0.25, 0.3) is 0 Å². The molecule has 2 nitrogen and oxygen atoms in total. The molecule has 106 valence electrons. The summed E-state index contributed by atoms with van der Waals surface area (Å²) >= 11 is 3.64. The maximum Gasteiger partial charge on any atom is 0.120 e. The summed E-state index contributed by atoms with van der Waals surface area (Å²) in [7, 11) is 3.67. The van der Waals surface area contributed by atoms with Crippen molar-refractivity contribution in [3.63, 3.8) is 0 Å². The van der Waals surface area contributed by atoms with Crippen LogP contribution >= 0.6 is 15.9 Å². The predicted molar refractivity (Wildman–Crippen MR) is 87.5 cm³/mol. The molecular formula is C17H20BrNO. The van der Waals surface area contributed by atoms with Crippen molar-refractivity contribution in [3.05, 3.63) is 63.1 Å². The Bertz CT molecular complexity index is 590. The molecule has 0 fully saturated rings. The smallest absolute Gasteiger partial charge is 0.120 e. The minimum atomic E-state index is 0.161. The average molecular weight is 334 g/mol. The first-order valence-corrected chi connectivity index (χ1v) is 7.43. The standard InChI is InChI=1S/C17H20BrNO/c1-11-7-12(2)9-13(8-11)17(19-3)15-6-5-14(20-4)10-16(15)18/h5-10,17,19H,1-4H3. The van der Waals surface area contributed by atoms with E-state index in [1.807, 2.05) is 19.2 Å². The first-order chi connectivity index (χ1) is 9.55. The molecule has 0 radical (unpaired) electrons. The van der Waals surface area contributed by atoms with Crippen molar-refractivity contribution in [1.29, 1.82) is 0 Å². The fourth-order valence-corrected chi connectivity index (χ4v) is 3.13. The largest absolute Gasteiger partial charge is 0.497 e. The van der Waals surface area contributed by atoms with Gasteiger partial charge in [0.2, 0.25) is 0 Å². The second-order valence-corrected chi connectivity index (χ2v) is 5.88. The monoisotopic (exact) mass is 333 g/mol. The van der Waals surface area contributed by atoms with Gasteiger partial charge in [-0.25, -0.2) is 0 Å². The van der Waals surface area contributed by atoms with Crippen LogP contribution in [0.1, 0.15) is 28.3 Å². The van der Waals surface area contributed by atoms with Crippen LogP contribution in [0, 0.1) is 13.8 Å². The van der Waals surface area contributed by atoms with Crippen LogP contribution in [0.2, 0.25) is 0 Å². The third kappa shape index (κ3) is 3.22. The third-order valence-corrected chi connectivity index (χ3v) is 4.07. The Morgan fingerprint density at radius 3 is 2.20 bits per heavy atom. The van der Waals surface area contributed by atoms with E-state index < -0.39 is 0 Å². The summed E-state index contributed by atoms with van der Waals surface area (Å²) < 4.78 is 6.31. The van der Waals surface area contributed by atoms with Gasteiger partial charge in [-0.2, -0.15) is 0 Å². The normalized spacial score (nSPS) is 12.2. The topological polar surface area (TPSA) is 21.3 Å². The molecule has 1 unspecified atom stereocenters. The van der Waals surface area contributed by atoms with Crippen LogP contribution in [-0.4, -0.2) is 14.2 Å². The molecule has 0 amide bonds. The zero-order valence-electron chi connectivity index (χ0n) is 12.3. The highest BCUT2D eigenvalue weighted by molar-refractivity contribution is 9.10. The van der Waals surface area contributed by atoms with E-state index in [0.717, 1.165) is 10.2 Å². The number of nitrogens with one attached hydrogen (secondary N) is 1. The predicted octanol–water partition coefficient (Wildman–Crippen LogP) is 4.38. The molecule has 1 N–H and O–H groups in total. The lowest BCUT2D eigenvalue weighted by atomic mass is 9.95. The average Bonchev–Trinajstić information content (AvgIpc) is 2.40. The Morgan fingerprint density at radius 1 is 1.05 bits per heavy atom. The summed E-state index contributed by atoms with van der Waals surface area (Å²) in [5.41, 5.74) is 5.05. The highest BCUT2D eigenvalue weighted by atomic mass is 79.9. The fourth-order valence-electron chi connectivity index (χ4n) is 2.55. The van der Waals surface area contributed by atoms with Gasteiger partial charge in [0.25, 0.3) is 0 Å². The Morgan fingerprint density at radius 2 is 1.70 bits per heavy atom. The van der Waals surface area contributed by atoms with Crippen LogP contribution in [0.3, 0.4) is 0 Å². The lowest BCUT2D eigenvalue weighted by Gasteiger charge is -2.20. The van der Waals surface area contributed by atoms with E-state index in [1.54, 1.807) is 7.11 Å². The summed E-state index contributed by atoms with van der Waals surface area (Å²) in [4.78, 5) is 0. The molecule has 0 aliphatic heterocycles. The molecule has 2 aromatic rings. The van der Waals surface area contributed by atoms with Gasteiger partial charge in [-0.1, -0.05) is 51.3 Å². The van der Waals surface area contributed by atoms with Gasteiger partial charge < -0.3 is 10.1 Å². The maximum atomic E-state index is 5.26. The summed E-state index contributed by atoms with van der Waals surface area (Å²) in [6, 6.07) is 12.9. The molecule has 0 saturated heterocycles. The van der Waals surface area contributed by atoms with Crippen LogP contribution in [0.15, 0.2) is 40.9 Å². The minimum absolute atomic E-state index is 0.161. The second-order valence-electron chi connectivity index (χ2n) is 5.03. The van der Waals surface area contributed by atoms with E-state index in [1.165, 1.54) is 22.3 Å². The van der Waals surface area contributed by atoms with Crippen molar-refractivity contribution >= 4 is 15.9 Å². The number of hydrogen-bond acceptors (Lipinski definition) is 2. The van der Waals surface area contributed by atoms with Crippen molar-refractivity contribution in [2.75, 3.05) is 14.2 Å². The van der Waals surface area contributed by atoms with Crippen LogP contribution < -0.4 is 10.1 Å². The Balaban J connectivity index is 2.46. The number of aryl methyl sites for hydroxylation is 2. The zero-order valence-corrected chi connectivity index (χ0v) is 13.9. The molecular weight excluding hydrogens is 314 g/mol. The first-order valence-electron chi connectivity index (χ1n) is 6.64. The number of methoxy groups -OCH3 is 1. The molecule has 1 atom stereocenters. The Kier molecular flexibility index (Phi) is 4.84. The van der Waals surface area contributed by atoms with Crippen molar-refractivity contribution < 1.29 is 4.74 Å². The molecule has 0 heterocycles. The maximum absolute atomic E-state index is 5.26. The molecule has 0 bridgehead atoms. The molecule has 0 aliphatic rings. The lowest BCUT2D eigenvalue weighted by molar-refractivity contribution is 0.414. The van der Waals surface area contributed by atoms with Crippen molar-refractivity contribution in [1.82, 2.24) is 5.32 Å². The third-order valence-electron chi connectivity index (χ3n) is 3.38. The number of halogens is 1. The first kappa shape index (κ1) is 15.1. The number of hydrogen-bond donors (Lipinski definition) is 1. The molecule has 0 aromatic heterocycles. The highest BCUT2D eigenvalue weighted by Crippen LogP contribution is 2.32. The minimum Gasteiger partial charge on any atom is -0.497 e. The van der Waals surface area contributed by atoms with Crippen molar-refractivity contribution in [3.8, 4) is 5.75 Å². The van der Waals surface area contributed by atoms with E-state index in [4.69, 9.17) is 4.74 Å². The van der Waals surface area contributed by atoms with Gasteiger partial charge in [-0.3, -0.25) is 0 Å². The molecule has 2 rings (SSSR count). The Labute approximate surface area is 129 Å². The SMILES string of the molecule is CNC(c1cc(C)cc(C)c1)c1ccc(OC)cc1Br. The second kappa shape index (κ2) is 6.42. The van der Waals surface area contributed by atoms with Crippen molar-refractivity contribution in [2.45, 2.75) is 19.9 Å². The van der Waals surface area contributed by atoms with Gasteiger partial charge in [-0.15, -0.1) is 0 Å². The molecule has 0 aliphatic carbocycles. The van der Waals surface area contributed by atoms with Gasteiger partial charge >= 0.3 is 0 Å². The number of benzene rings is 2. The highest BCUT2D eigenvalue weighted by Gasteiger charge is 2.16. The summed E-state index contributed by atoms with van der Waals surface area (Å²) in [6.45, 7) is 4.26. The molecule has 0 saturated carbocycles. The van der Waals surface area contributed by atoms with E-state index in [2.05, 4.69) is 59.4 Å². The van der Waals surface area contributed by atoms with Crippen molar-refractivity contribution in [2.24, 2.45) is 0 Å². The molecule has 0 spiro atoms. The number of rotatable bonds is 4. The Hall–Kier alpha value is -1.32. The van der Waals surface area contributed by atoms with Crippen LogP contribution in [-0.2, 0) is 0 Å². The summed E-state index contributed by atoms with van der Waals surface area (Å²) in [5, 5.41) is 3.40. The van der Waals surface area contributed by atoms with Gasteiger partial charge in [0.05, 0.1) is 13.2 Å². The number of ether oxygens (including phenoxy) is 1. The van der Waals surface area contributed by atoms with Crippen LogP contribution in [0.5, 0.6) is 5.75 Å².